The first-order valence-corrected chi connectivity index (χ1v) is 9.21. The molecule has 0 radical (unpaired) electrons. The Kier molecular flexibility index (Phi) is 4.91. The quantitative estimate of drug-likeness (QED) is 0.777. The summed E-state index contributed by atoms with van der Waals surface area (Å²) in [5, 5.41) is 4.73. The SMILES string of the molecule is CCn1cc(Cl)c(CN(C)S(=O)(=O)c2ccc(Br)s2)n1. The molecule has 2 rings (SSSR count). The van der Waals surface area contributed by atoms with Gasteiger partial charge < -0.3 is 0 Å². The van der Waals surface area contributed by atoms with Crippen LogP contribution in [0.4, 0.5) is 0 Å². The normalized spacial score (nSPS) is 12.2. The van der Waals surface area contributed by atoms with Crippen LogP contribution in [-0.2, 0) is 23.1 Å². The molecule has 2 aromatic heterocycles. The lowest BCUT2D eigenvalue weighted by Gasteiger charge is -2.14. The topological polar surface area (TPSA) is 55.2 Å². The Morgan fingerprint density at radius 3 is 2.70 bits per heavy atom. The molecule has 0 saturated heterocycles. The summed E-state index contributed by atoms with van der Waals surface area (Å²) in [6.07, 6.45) is 1.69. The van der Waals surface area contributed by atoms with E-state index in [0.717, 1.165) is 3.79 Å². The van der Waals surface area contributed by atoms with Gasteiger partial charge in [0.25, 0.3) is 10.0 Å². The molecule has 0 aromatic carbocycles. The van der Waals surface area contributed by atoms with Crippen molar-refractivity contribution in [1.82, 2.24) is 14.1 Å². The predicted octanol–water partition coefficient (Wildman–Crippen LogP) is 3.20. The van der Waals surface area contributed by atoms with Crippen molar-refractivity contribution in [3.8, 4) is 0 Å². The van der Waals surface area contributed by atoms with Crippen LogP contribution in [0.2, 0.25) is 5.02 Å². The average molecular weight is 399 g/mol. The maximum absolute atomic E-state index is 12.4. The molecule has 0 amide bonds. The molecular formula is C11H13BrClN3O2S2. The van der Waals surface area contributed by atoms with Crippen LogP contribution in [0.5, 0.6) is 0 Å². The van der Waals surface area contributed by atoms with Crippen molar-refractivity contribution in [2.75, 3.05) is 7.05 Å². The number of nitrogens with zero attached hydrogens (tertiary/aromatic N) is 3. The van der Waals surface area contributed by atoms with Crippen molar-refractivity contribution in [3.63, 3.8) is 0 Å². The van der Waals surface area contributed by atoms with Crippen LogP contribution in [0.1, 0.15) is 12.6 Å². The van der Waals surface area contributed by atoms with Gasteiger partial charge in [0.1, 0.15) is 4.21 Å². The Morgan fingerprint density at radius 1 is 1.50 bits per heavy atom. The molecule has 0 N–H and O–H groups in total. The number of hydrogen-bond acceptors (Lipinski definition) is 4. The van der Waals surface area contributed by atoms with Gasteiger partial charge in [-0.1, -0.05) is 11.6 Å². The highest BCUT2D eigenvalue weighted by atomic mass is 79.9. The van der Waals surface area contributed by atoms with Crippen molar-refractivity contribution < 1.29 is 8.42 Å². The number of hydrogen-bond donors (Lipinski definition) is 0. The second-order valence-corrected chi connectivity index (χ2v) is 9.24. The molecule has 20 heavy (non-hydrogen) atoms. The smallest absolute Gasteiger partial charge is 0.252 e. The van der Waals surface area contributed by atoms with E-state index in [-0.39, 0.29) is 10.8 Å². The zero-order valence-corrected chi connectivity index (χ0v) is 14.9. The van der Waals surface area contributed by atoms with E-state index >= 15 is 0 Å². The van der Waals surface area contributed by atoms with Gasteiger partial charge >= 0.3 is 0 Å². The Labute approximate surface area is 135 Å². The molecule has 5 nitrogen and oxygen atoms in total. The third kappa shape index (κ3) is 3.25. The second-order valence-electron chi connectivity index (χ2n) is 4.10. The van der Waals surface area contributed by atoms with Crippen molar-refractivity contribution >= 4 is 48.9 Å². The van der Waals surface area contributed by atoms with Gasteiger partial charge in [0.2, 0.25) is 0 Å². The van der Waals surface area contributed by atoms with E-state index < -0.39 is 10.0 Å². The largest absolute Gasteiger partial charge is 0.271 e. The van der Waals surface area contributed by atoms with E-state index in [9.17, 15) is 8.42 Å². The second kappa shape index (κ2) is 6.15. The van der Waals surface area contributed by atoms with E-state index in [4.69, 9.17) is 11.6 Å². The third-order valence-corrected chi connectivity index (χ3v) is 6.91. The highest BCUT2D eigenvalue weighted by molar-refractivity contribution is 9.11. The summed E-state index contributed by atoms with van der Waals surface area (Å²) in [6.45, 7) is 2.77. The molecule has 0 atom stereocenters. The van der Waals surface area contributed by atoms with Crippen LogP contribution in [0.15, 0.2) is 26.3 Å². The van der Waals surface area contributed by atoms with Gasteiger partial charge in [-0.05, 0) is 35.0 Å². The van der Waals surface area contributed by atoms with Crippen LogP contribution in [0.3, 0.4) is 0 Å². The van der Waals surface area contributed by atoms with E-state index in [1.807, 2.05) is 6.92 Å². The summed E-state index contributed by atoms with van der Waals surface area (Å²) < 4.78 is 28.7. The fourth-order valence-corrected chi connectivity index (χ4v) is 5.16. The predicted molar refractivity (Wildman–Crippen MR) is 83.6 cm³/mol. The number of aromatic nitrogens is 2. The van der Waals surface area contributed by atoms with Crippen LogP contribution in [0, 0.1) is 0 Å². The van der Waals surface area contributed by atoms with Crippen LogP contribution in [0.25, 0.3) is 0 Å². The molecule has 2 aromatic rings. The fraction of sp³-hybridized carbons (Fsp3) is 0.364. The molecule has 0 aliphatic rings. The number of thiophene rings is 1. The van der Waals surface area contributed by atoms with Crippen molar-refractivity contribution in [2.45, 2.75) is 24.2 Å². The molecule has 2 heterocycles. The summed E-state index contributed by atoms with van der Waals surface area (Å²) in [4.78, 5) is 0. The maximum atomic E-state index is 12.4. The number of aryl methyl sites for hydroxylation is 1. The average Bonchev–Trinajstić information content (AvgIpc) is 2.96. The summed E-state index contributed by atoms with van der Waals surface area (Å²) in [6, 6.07) is 3.29. The number of sulfonamides is 1. The zero-order chi connectivity index (χ0) is 14.9. The van der Waals surface area contributed by atoms with Gasteiger partial charge in [-0.15, -0.1) is 11.3 Å². The summed E-state index contributed by atoms with van der Waals surface area (Å²) in [5.74, 6) is 0. The molecular weight excluding hydrogens is 386 g/mol. The monoisotopic (exact) mass is 397 g/mol. The first kappa shape index (κ1) is 16.0. The van der Waals surface area contributed by atoms with E-state index in [1.165, 1.54) is 22.7 Å². The Hall–Kier alpha value is -0.410. The highest BCUT2D eigenvalue weighted by Gasteiger charge is 2.24. The molecule has 110 valence electrons. The standard InChI is InChI=1S/C11H13BrClN3O2S2/c1-3-16-6-8(13)9(14-16)7-15(2)20(17,18)11-5-4-10(12)19-11/h4-6H,3,7H2,1-2H3. The van der Waals surface area contributed by atoms with Crippen molar-refractivity contribution in [2.24, 2.45) is 0 Å². The third-order valence-electron chi connectivity index (χ3n) is 2.70. The van der Waals surface area contributed by atoms with Gasteiger partial charge in [0.05, 0.1) is 21.0 Å². The first-order valence-electron chi connectivity index (χ1n) is 5.78. The zero-order valence-electron chi connectivity index (χ0n) is 10.9. The lowest BCUT2D eigenvalue weighted by molar-refractivity contribution is 0.460. The number of rotatable bonds is 5. The Balaban J connectivity index is 2.23. The van der Waals surface area contributed by atoms with Gasteiger partial charge in [0.15, 0.2) is 0 Å². The Morgan fingerprint density at radius 2 is 2.20 bits per heavy atom. The lowest BCUT2D eigenvalue weighted by atomic mass is 10.4. The fourth-order valence-electron chi connectivity index (χ4n) is 1.59. The summed E-state index contributed by atoms with van der Waals surface area (Å²) in [7, 11) is -2.00. The molecule has 0 aliphatic carbocycles. The molecule has 0 bridgehead atoms. The summed E-state index contributed by atoms with van der Waals surface area (Å²) >= 11 is 10.5. The van der Waals surface area contributed by atoms with Crippen molar-refractivity contribution in [1.29, 1.82) is 0 Å². The van der Waals surface area contributed by atoms with Crippen LogP contribution >= 0.6 is 38.9 Å². The minimum absolute atomic E-state index is 0.143. The van der Waals surface area contributed by atoms with E-state index in [0.29, 0.717) is 17.3 Å². The van der Waals surface area contributed by atoms with Crippen LogP contribution < -0.4 is 0 Å². The lowest BCUT2D eigenvalue weighted by Crippen LogP contribution is -2.26. The molecule has 0 spiro atoms. The molecule has 0 fully saturated rings. The first-order chi connectivity index (χ1) is 9.34. The maximum Gasteiger partial charge on any atom is 0.252 e. The van der Waals surface area contributed by atoms with Crippen LogP contribution in [-0.4, -0.2) is 29.6 Å². The van der Waals surface area contributed by atoms with E-state index in [2.05, 4.69) is 21.0 Å². The molecule has 0 aliphatic heterocycles. The minimum atomic E-state index is -3.52. The van der Waals surface area contributed by atoms with E-state index in [1.54, 1.807) is 23.0 Å². The van der Waals surface area contributed by atoms with Gasteiger partial charge in [-0.25, -0.2) is 8.42 Å². The van der Waals surface area contributed by atoms with Gasteiger partial charge in [-0.2, -0.15) is 9.40 Å². The highest BCUT2D eigenvalue weighted by Crippen LogP contribution is 2.29. The Bertz CT molecular complexity index is 711. The van der Waals surface area contributed by atoms with Gasteiger partial charge in [0, 0.05) is 19.8 Å². The number of halogens is 2. The minimum Gasteiger partial charge on any atom is -0.271 e. The van der Waals surface area contributed by atoms with Gasteiger partial charge in [-0.3, -0.25) is 4.68 Å². The molecule has 0 unspecified atom stereocenters. The van der Waals surface area contributed by atoms with Crippen molar-refractivity contribution in [3.05, 3.63) is 32.8 Å². The molecule has 0 saturated carbocycles. The summed E-state index contributed by atoms with van der Waals surface area (Å²) in [5.41, 5.74) is 0.551. The molecule has 9 heteroatoms.